The number of ether oxygens (including phenoxy) is 3. The lowest BCUT2D eigenvalue weighted by molar-refractivity contribution is -0.153. The third-order valence-electron chi connectivity index (χ3n) is 4.51. The first-order chi connectivity index (χ1) is 16.0. The number of carboxylic acid groups (broad SMARTS) is 1. The van der Waals surface area contributed by atoms with E-state index in [-0.39, 0.29) is 19.4 Å². The van der Waals surface area contributed by atoms with E-state index >= 15 is 0 Å². The molecule has 2 aromatic rings. The van der Waals surface area contributed by atoms with Gasteiger partial charge in [-0.3, -0.25) is 9.59 Å². The molecule has 1 N–H and O–H groups in total. The smallest absolute Gasteiger partial charge is 0.306 e. The van der Waals surface area contributed by atoms with Gasteiger partial charge in [0.05, 0.1) is 24.0 Å². The number of aryl methyl sites for hydroxylation is 2. The molecule has 1 atom stereocenters. The first kappa shape index (κ1) is 19.9. The third kappa shape index (κ3) is 9.09. The van der Waals surface area contributed by atoms with Crippen LogP contribution in [0.3, 0.4) is 0 Å². The van der Waals surface area contributed by atoms with Crippen molar-refractivity contribution < 1.29 is 33.0 Å². The van der Waals surface area contributed by atoms with Crippen LogP contribution in [-0.2, 0) is 27.2 Å². The van der Waals surface area contributed by atoms with Crippen molar-refractivity contribution in [3.63, 3.8) is 0 Å². The molecule has 168 valence electrons. The quantitative estimate of drug-likeness (QED) is 0.487. The number of aliphatic carboxylic acids is 1. The van der Waals surface area contributed by atoms with E-state index in [9.17, 15) is 9.59 Å². The van der Waals surface area contributed by atoms with Crippen LogP contribution in [0.5, 0.6) is 11.5 Å². The summed E-state index contributed by atoms with van der Waals surface area (Å²) in [5.74, 6) is -0.687. The summed E-state index contributed by atoms with van der Waals surface area (Å²) in [7, 11) is 1.19. The van der Waals surface area contributed by atoms with Crippen molar-refractivity contribution in [2.75, 3.05) is 34.3 Å². The minimum Gasteiger partial charge on any atom is -0.497 e. The monoisotopic (exact) mass is 432 g/mol. The van der Waals surface area contributed by atoms with E-state index in [0.29, 0.717) is 30.9 Å². The van der Waals surface area contributed by atoms with Crippen molar-refractivity contribution >= 4 is 11.9 Å². The molecule has 1 unspecified atom stereocenters. The van der Waals surface area contributed by atoms with E-state index in [0.717, 1.165) is 11.1 Å². The highest BCUT2D eigenvalue weighted by Gasteiger charge is 2.18. The molecule has 7 nitrogen and oxygen atoms in total. The first-order valence-electron chi connectivity index (χ1n) is 11.6. The molecule has 0 aliphatic carbocycles. The largest absolute Gasteiger partial charge is 0.497 e. The van der Waals surface area contributed by atoms with Gasteiger partial charge in [0.2, 0.25) is 0 Å². The molecule has 2 rings (SSSR count). The maximum absolute atomic E-state index is 12.0. The average Bonchev–Trinajstić information content (AvgIpc) is 2.74. The van der Waals surface area contributed by atoms with Gasteiger partial charge in [-0.15, -0.1) is 0 Å². The Bertz CT molecular complexity index is 948. The van der Waals surface area contributed by atoms with Crippen LogP contribution < -0.4 is 9.47 Å². The van der Waals surface area contributed by atoms with Crippen molar-refractivity contribution in [1.82, 2.24) is 4.90 Å². The zero-order valence-electron chi connectivity index (χ0n) is 20.9. The molecule has 2 aromatic carbocycles. The Labute approximate surface area is 187 Å². The summed E-state index contributed by atoms with van der Waals surface area (Å²) in [6.07, 6.45) is 0.252. The Kier molecular flexibility index (Phi) is 8.07. The van der Waals surface area contributed by atoms with Crippen LogP contribution in [0.2, 0.25) is 0 Å². The Morgan fingerprint density at radius 3 is 2.65 bits per heavy atom. The molecule has 0 saturated heterocycles. The van der Waals surface area contributed by atoms with Crippen molar-refractivity contribution in [3.05, 3.63) is 59.7 Å². The number of nitrogens with zero attached hydrogens (tertiary/aromatic N) is 1. The van der Waals surface area contributed by atoms with Gasteiger partial charge in [-0.25, -0.2) is 0 Å². The average molecular weight is 433 g/mol. The zero-order chi connectivity index (χ0) is 25.1. The minimum atomic E-state index is -2.50. The van der Waals surface area contributed by atoms with Crippen LogP contribution in [-0.4, -0.2) is 62.3 Å². The number of carbonyl (C=O) groups is 2. The summed E-state index contributed by atoms with van der Waals surface area (Å²) < 4.78 is 38.1. The predicted octanol–water partition coefficient (Wildman–Crippen LogP) is 3.20. The summed E-state index contributed by atoms with van der Waals surface area (Å²) in [6.45, 7) is 0.549. The fraction of sp³-hybridized carbons (Fsp3) is 0.417. The summed E-state index contributed by atoms with van der Waals surface area (Å²) in [5, 5.41) is 8.75. The third-order valence-corrected chi connectivity index (χ3v) is 4.51. The fourth-order valence-electron chi connectivity index (χ4n) is 3.06. The van der Waals surface area contributed by atoms with E-state index in [1.165, 1.54) is 0 Å². The summed E-state index contributed by atoms with van der Waals surface area (Å²) in [4.78, 5) is 24.5. The molecular weight excluding hydrogens is 398 g/mol. The Morgan fingerprint density at radius 2 is 1.90 bits per heavy atom. The van der Waals surface area contributed by atoms with Gasteiger partial charge in [-0.05, 0) is 56.3 Å². The second kappa shape index (κ2) is 12.6. The van der Waals surface area contributed by atoms with E-state index in [1.807, 2.05) is 49.3 Å². The van der Waals surface area contributed by atoms with Crippen molar-refractivity contribution in [1.29, 1.82) is 0 Å². The molecule has 0 fully saturated rings. The number of likely N-dealkylation sites (N-methyl/N-ethyl adjacent to an activating group) is 1. The van der Waals surface area contributed by atoms with Gasteiger partial charge >= 0.3 is 11.9 Å². The van der Waals surface area contributed by atoms with Gasteiger partial charge in [0.15, 0.2) is 0 Å². The maximum atomic E-state index is 12.0. The lowest BCUT2D eigenvalue weighted by atomic mass is 10.0. The second-order valence-electron chi connectivity index (χ2n) is 7.44. The molecular formula is C24H31NO6. The highest BCUT2D eigenvalue weighted by atomic mass is 16.6. The number of methoxy groups -OCH3 is 1. The lowest BCUT2D eigenvalue weighted by Gasteiger charge is -2.22. The molecule has 0 radical (unpaired) electrons. The number of para-hydroxylation sites is 1. The lowest BCUT2D eigenvalue weighted by Crippen LogP contribution is -2.35. The van der Waals surface area contributed by atoms with Crippen LogP contribution in [0, 0.1) is 0 Å². The van der Waals surface area contributed by atoms with Crippen molar-refractivity contribution in [3.8, 4) is 11.5 Å². The summed E-state index contributed by atoms with van der Waals surface area (Å²) in [5.41, 5.74) is 1.87. The second-order valence-corrected chi connectivity index (χ2v) is 7.44. The topological polar surface area (TPSA) is 85.3 Å². The molecule has 0 heterocycles. The number of carboxylic acids is 1. The molecule has 0 aliphatic heterocycles. The SMILES string of the molecule is [2H]C([2H])([2H])Oc1cccc(CCc2ccccc2OCC(CN(C)C)OC(=O)CCC(=O)O)c1. The van der Waals surface area contributed by atoms with Crippen LogP contribution in [0.15, 0.2) is 48.5 Å². The number of benzene rings is 2. The number of hydrogen-bond acceptors (Lipinski definition) is 6. The normalized spacial score (nSPS) is 13.6. The molecule has 0 amide bonds. The Balaban J connectivity index is 2.00. The fourth-order valence-corrected chi connectivity index (χ4v) is 3.06. The maximum Gasteiger partial charge on any atom is 0.306 e. The molecule has 0 aliphatic rings. The predicted molar refractivity (Wildman–Crippen MR) is 118 cm³/mol. The van der Waals surface area contributed by atoms with Crippen molar-refractivity contribution in [2.45, 2.75) is 31.8 Å². The number of rotatable bonds is 13. The summed E-state index contributed by atoms with van der Waals surface area (Å²) >= 11 is 0. The van der Waals surface area contributed by atoms with Crippen LogP contribution in [0.4, 0.5) is 0 Å². The van der Waals surface area contributed by atoms with Gasteiger partial charge in [0.1, 0.15) is 24.2 Å². The first-order valence-corrected chi connectivity index (χ1v) is 10.1. The van der Waals surface area contributed by atoms with E-state index in [4.69, 9.17) is 23.4 Å². The molecule has 31 heavy (non-hydrogen) atoms. The van der Waals surface area contributed by atoms with Gasteiger partial charge in [-0.1, -0.05) is 30.3 Å². The van der Waals surface area contributed by atoms with Crippen LogP contribution in [0.25, 0.3) is 0 Å². The van der Waals surface area contributed by atoms with Gasteiger partial charge in [0, 0.05) is 6.54 Å². The highest BCUT2D eigenvalue weighted by Crippen LogP contribution is 2.22. The highest BCUT2D eigenvalue weighted by molar-refractivity contribution is 5.76. The molecule has 0 bridgehead atoms. The molecule has 0 aromatic heterocycles. The van der Waals surface area contributed by atoms with Crippen LogP contribution in [0.1, 0.15) is 28.1 Å². The number of carbonyl (C=O) groups excluding carboxylic acids is 1. The summed E-state index contributed by atoms with van der Waals surface area (Å²) in [6, 6.07) is 14.5. The Hall–Kier alpha value is -3.06. The van der Waals surface area contributed by atoms with E-state index in [2.05, 4.69) is 0 Å². The van der Waals surface area contributed by atoms with Gasteiger partial charge < -0.3 is 24.2 Å². The molecule has 7 heteroatoms. The number of hydrogen-bond donors (Lipinski definition) is 1. The van der Waals surface area contributed by atoms with E-state index < -0.39 is 25.1 Å². The number of esters is 1. The van der Waals surface area contributed by atoms with Crippen molar-refractivity contribution in [2.24, 2.45) is 0 Å². The molecule has 0 spiro atoms. The van der Waals surface area contributed by atoms with Gasteiger partial charge in [-0.2, -0.15) is 0 Å². The van der Waals surface area contributed by atoms with E-state index in [1.54, 1.807) is 18.2 Å². The van der Waals surface area contributed by atoms with Crippen LogP contribution >= 0.6 is 0 Å². The molecule has 0 saturated carbocycles. The Morgan fingerprint density at radius 1 is 1.10 bits per heavy atom. The van der Waals surface area contributed by atoms with Gasteiger partial charge in [0.25, 0.3) is 0 Å². The minimum absolute atomic E-state index is 0.121. The zero-order valence-corrected chi connectivity index (χ0v) is 17.9. The standard InChI is InChI=1S/C24H31NO6/c1-25(2)16-21(31-24(28)14-13-23(26)27)17-30-22-10-5-4-8-19(22)12-11-18-7-6-9-20(15-18)29-3/h4-10,15,21H,11-14,16-17H2,1-3H3,(H,26,27)/i3D3.